The smallest absolute Gasteiger partial charge is 0.251 e. The zero-order valence-corrected chi connectivity index (χ0v) is 24.7. The molecule has 0 bridgehead atoms. The Morgan fingerprint density at radius 1 is 1.12 bits per heavy atom. The van der Waals surface area contributed by atoms with Gasteiger partial charge in [-0.15, -0.1) is 11.3 Å². The molecule has 2 aromatic carbocycles. The summed E-state index contributed by atoms with van der Waals surface area (Å²) >= 11 is 1.39. The lowest BCUT2D eigenvalue weighted by molar-refractivity contribution is -0.152. The summed E-state index contributed by atoms with van der Waals surface area (Å²) in [5.74, 6) is -2.27. The second-order valence-corrected chi connectivity index (χ2v) is 11.9. The van der Waals surface area contributed by atoms with E-state index >= 15 is 0 Å². The van der Waals surface area contributed by atoms with Gasteiger partial charge in [-0.1, -0.05) is 30.3 Å². The molecule has 0 radical (unpaired) electrons. The van der Waals surface area contributed by atoms with Crippen LogP contribution in [0.3, 0.4) is 0 Å². The number of benzene rings is 2. The van der Waals surface area contributed by atoms with Crippen molar-refractivity contribution in [1.82, 2.24) is 15.5 Å². The maximum Gasteiger partial charge on any atom is 0.251 e. The number of likely N-dealkylation sites (tertiary alicyclic amines) is 1. The minimum atomic E-state index is -1.05. The summed E-state index contributed by atoms with van der Waals surface area (Å²) in [6, 6.07) is 13.9. The van der Waals surface area contributed by atoms with Crippen LogP contribution in [0.1, 0.15) is 57.4 Å². The number of ether oxygens (including phenoxy) is 3. The van der Waals surface area contributed by atoms with E-state index in [-0.39, 0.29) is 43.4 Å². The number of nitrogen functional groups attached to an aromatic ring is 1. The molecule has 3 heterocycles. The van der Waals surface area contributed by atoms with E-state index in [9.17, 15) is 14.4 Å². The third-order valence-corrected chi connectivity index (χ3v) is 9.33. The molecule has 12 heteroatoms. The molecule has 6 rings (SSSR count). The van der Waals surface area contributed by atoms with Crippen molar-refractivity contribution in [2.45, 2.75) is 37.3 Å². The third-order valence-electron chi connectivity index (χ3n) is 8.21. The van der Waals surface area contributed by atoms with E-state index in [1.807, 2.05) is 43.3 Å². The number of amidine groups is 1. The molecule has 3 atom stereocenters. The fourth-order valence-corrected chi connectivity index (χ4v) is 6.97. The van der Waals surface area contributed by atoms with E-state index in [1.54, 1.807) is 24.6 Å². The number of fused-ring (bicyclic) bond motifs is 3. The molecule has 3 aromatic rings. The topological polar surface area (TPSA) is 156 Å². The zero-order valence-electron chi connectivity index (χ0n) is 23.8. The average molecular weight is 604 g/mol. The van der Waals surface area contributed by atoms with E-state index in [0.717, 1.165) is 27.1 Å². The van der Waals surface area contributed by atoms with Gasteiger partial charge in [0.2, 0.25) is 11.8 Å². The van der Waals surface area contributed by atoms with Crippen LogP contribution in [0.25, 0.3) is 11.1 Å². The molecule has 2 fully saturated rings. The summed E-state index contributed by atoms with van der Waals surface area (Å²) in [4.78, 5) is 42.4. The summed E-state index contributed by atoms with van der Waals surface area (Å²) < 4.78 is 17.4. The minimum absolute atomic E-state index is 0.0445. The molecule has 2 saturated heterocycles. The number of carbonyl (C=O) groups excluding carboxylic acids is 3. The lowest BCUT2D eigenvalue weighted by atomic mass is 10.0. The number of methoxy groups -OCH3 is 1. The maximum absolute atomic E-state index is 13.5. The Labute approximate surface area is 252 Å². The van der Waals surface area contributed by atoms with Crippen LogP contribution in [0.4, 0.5) is 0 Å². The predicted molar refractivity (Wildman–Crippen MR) is 160 cm³/mol. The highest BCUT2D eigenvalue weighted by Crippen LogP contribution is 2.45. The SMILES string of the molecule is COC1c2ccccc2-c2cc(C(=O)NCC(=O)N3CC4(C[C@H]3C(=O)N[C@H](C)c3cc(C(=N)N)cs3)OCCO4)ccc21. The predicted octanol–water partition coefficient (Wildman–Crippen LogP) is 2.70. The van der Waals surface area contributed by atoms with Crippen LogP contribution in [-0.2, 0) is 23.8 Å². The van der Waals surface area contributed by atoms with Crippen LogP contribution in [0.5, 0.6) is 0 Å². The second-order valence-electron chi connectivity index (χ2n) is 10.9. The van der Waals surface area contributed by atoms with Crippen LogP contribution in [0.15, 0.2) is 53.9 Å². The van der Waals surface area contributed by atoms with Crippen LogP contribution in [0, 0.1) is 5.41 Å². The number of nitrogens with one attached hydrogen (secondary N) is 3. The van der Waals surface area contributed by atoms with Crippen molar-refractivity contribution in [2.75, 3.05) is 33.4 Å². The van der Waals surface area contributed by atoms with Crippen LogP contribution in [0.2, 0.25) is 0 Å². The van der Waals surface area contributed by atoms with Gasteiger partial charge in [-0.05, 0) is 47.4 Å². The van der Waals surface area contributed by atoms with E-state index in [4.69, 9.17) is 25.4 Å². The summed E-state index contributed by atoms with van der Waals surface area (Å²) in [6.07, 6.45) is -0.0200. The summed E-state index contributed by atoms with van der Waals surface area (Å²) in [5, 5.41) is 15.1. The molecule has 224 valence electrons. The number of nitrogens with zero attached hydrogens (tertiary/aromatic N) is 1. The van der Waals surface area contributed by atoms with Crippen LogP contribution >= 0.6 is 11.3 Å². The highest BCUT2D eigenvalue weighted by molar-refractivity contribution is 7.10. The summed E-state index contributed by atoms with van der Waals surface area (Å²) in [7, 11) is 1.66. The van der Waals surface area contributed by atoms with Crippen molar-refractivity contribution in [2.24, 2.45) is 5.73 Å². The first-order valence-electron chi connectivity index (χ1n) is 14.0. The van der Waals surface area contributed by atoms with Crippen molar-refractivity contribution >= 4 is 34.9 Å². The molecule has 1 aliphatic carbocycles. The standard InChI is InChI=1S/C31H33N5O6S/c1-17(25-12-19(15-43-25)28(32)33)35-30(39)24-13-31(41-9-10-42-31)16-36(24)26(37)14-34-29(38)18-7-8-22-23(11-18)20-5-3-4-6-21(20)27(22)40-2/h3-8,11-12,15,17,24,27H,9-10,13-14,16H2,1-2H3,(H3,32,33)(H,34,38)(H,35,39)/t17-,24+,27?/m1/s1. The van der Waals surface area contributed by atoms with Gasteiger partial charge in [0.05, 0.1) is 32.3 Å². The molecule has 1 unspecified atom stereocenters. The lowest BCUT2D eigenvalue weighted by Crippen LogP contribution is -2.49. The number of nitrogens with two attached hydrogens (primary N) is 1. The van der Waals surface area contributed by atoms with E-state index in [1.165, 1.54) is 16.2 Å². The van der Waals surface area contributed by atoms with Gasteiger partial charge in [-0.2, -0.15) is 0 Å². The molecule has 43 heavy (non-hydrogen) atoms. The van der Waals surface area contributed by atoms with E-state index in [2.05, 4.69) is 10.6 Å². The van der Waals surface area contributed by atoms with E-state index < -0.39 is 23.6 Å². The minimum Gasteiger partial charge on any atom is -0.384 e. The molecule has 3 amide bonds. The maximum atomic E-state index is 13.5. The Morgan fingerprint density at radius 3 is 2.58 bits per heavy atom. The molecule has 1 aromatic heterocycles. The van der Waals surface area contributed by atoms with Crippen LogP contribution < -0.4 is 16.4 Å². The van der Waals surface area contributed by atoms with E-state index in [0.29, 0.717) is 24.3 Å². The third kappa shape index (κ3) is 5.42. The largest absolute Gasteiger partial charge is 0.384 e. The molecule has 3 aliphatic rings. The van der Waals surface area contributed by atoms with Crippen molar-refractivity contribution in [3.05, 3.63) is 81.0 Å². The Balaban J connectivity index is 1.14. The number of rotatable bonds is 8. The highest BCUT2D eigenvalue weighted by atomic mass is 32.1. The fraction of sp³-hybridized carbons (Fsp3) is 0.355. The first-order chi connectivity index (χ1) is 20.7. The first kappa shape index (κ1) is 29.0. The highest BCUT2D eigenvalue weighted by Gasteiger charge is 2.52. The summed E-state index contributed by atoms with van der Waals surface area (Å²) in [5.41, 5.74) is 10.6. The molecule has 11 nitrogen and oxygen atoms in total. The lowest BCUT2D eigenvalue weighted by Gasteiger charge is -2.25. The molecule has 1 spiro atoms. The molecule has 2 aliphatic heterocycles. The molecule has 5 N–H and O–H groups in total. The quantitative estimate of drug-likeness (QED) is 0.228. The first-order valence-corrected chi connectivity index (χ1v) is 14.9. The van der Waals surface area contributed by atoms with Gasteiger partial charge < -0.3 is 35.5 Å². The van der Waals surface area contributed by atoms with Gasteiger partial charge in [0.25, 0.3) is 5.91 Å². The van der Waals surface area contributed by atoms with Crippen molar-refractivity contribution in [3.63, 3.8) is 0 Å². The van der Waals surface area contributed by atoms with Gasteiger partial charge in [-0.3, -0.25) is 19.8 Å². The van der Waals surface area contributed by atoms with Gasteiger partial charge in [0, 0.05) is 34.9 Å². The Bertz CT molecular complexity index is 1600. The normalized spacial score (nSPS) is 20.5. The average Bonchev–Trinajstić information content (AvgIpc) is 3.81. The number of hydrogen-bond acceptors (Lipinski definition) is 8. The number of hydrogen-bond donors (Lipinski definition) is 4. The fourth-order valence-electron chi connectivity index (χ4n) is 6.05. The Morgan fingerprint density at radius 2 is 1.86 bits per heavy atom. The molecule has 0 saturated carbocycles. The van der Waals surface area contributed by atoms with Gasteiger partial charge in [0.15, 0.2) is 5.79 Å². The summed E-state index contributed by atoms with van der Waals surface area (Å²) in [6.45, 7) is 2.36. The molecular weight excluding hydrogens is 570 g/mol. The van der Waals surface area contributed by atoms with Gasteiger partial charge in [0.1, 0.15) is 18.0 Å². The van der Waals surface area contributed by atoms with Gasteiger partial charge in [-0.25, -0.2) is 0 Å². The monoisotopic (exact) mass is 603 g/mol. The van der Waals surface area contributed by atoms with Crippen molar-refractivity contribution < 1.29 is 28.6 Å². The van der Waals surface area contributed by atoms with Gasteiger partial charge >= 0.3 is 0 Å². The Kier molecular flexibility index (Phi) is 7.77. The molecular formula is C31H33N5O6S. The van der Waals surface area contributed by atoms with Crippen molar-refractivity contribution in [1.29, 1.82) is 5.41 Å². The number of carbonyl (C=O) groups is 3. The number of thiophene rings is 1. The zero-order chi connectivity index (χ0) is 30.3. The Hall–Kier alpha value is -4.10. The van der Waals surface area contributed by atoms with Crippen molar-refractivity contribution in [3.8, 4) is 11.1 Å². The van der Waals surface area contributed by atoms with Crippen LogP contribution in [-0.4, -0.2) is 73.7 Å². The second kappa shape index (κ2) is 11.5. The number of amides is 3.